The molecule has 0 aromatic heterocycles. The lowest BCUT2D eigenvalue weighted by Crippen LogP contribution is -2.27. The van der Waals surface area contributed by atoms with E-state index in [0.717, 1.165) is 29.0 Å². The van der Waals surface area contributed by atoms with Crippen LogP contribution >= 0.6 is 27.5 Å². The van der Waals surface area contributed by atoms with Crippen LogP contribution in [0.3, 0.4) is 0 Å². The maximum Gasteiger partial charge on any atom is 0.0417 e. The van der Waals surface area contributed by atoms with Crippen LogP contribution in [-0.4, -0.2) is 12.6 Å². The van der Waals surface area contributed by atoms with Crippen LogP contribution in [0.4, 0.5) is 0 Å². The van der Waals surface area contributed by atoms with Crippen molar-refractivity contribution in [2.24, 2.45) is 5.73 Å². The molecule has 4 heteroatoms. The largest absolute Gasteiger partial charge is 0.330 e. The predicted molar refractivity (Wildman–Crippen MR) is 69.1 cm³/mol. The summed E-state index contributed by atoms with van der Waals surface area (Å²) in [6.07, 6.45) is 0.991. The monoisotopic (exact) mass is 290 g/mol. The smallest absolute Gasteiger partial charge is 0.0417 e. The zero-order chi connectivity index (χ0) is 11.3. The van der Waals surface area contributed by atoms with Gasteiger partial charge in [0.15, 0.2) is 0 Å². The molecule has 84 valence electrons. The minimum Gasteiger partial charge on any atom is -0.330 e. The highest BCUT2D eigenvalue weighted by molar-refractivity contribution is 9.10. The molecule has 0 saturated heterocycles. The highest BCUT2D eigenvalue weighted by atomic mass is 79.9. The maximum absolute atomic E-state index is 5.86. The van der Waals surface area contributed by atoms with Gasteiger partial charge in [0, 0.05) is 22.1 Å². The Hall–Kier alpha value is -0.0900. The molecule has 2 nitrogen and oxygen atoms in total. The number of halogens is 2. The molecular weight excluding hydrogens is 275 g/mol. The summed E-state index contributed by atoms with van der Waals surface area (Å²) in [5, 5.41) is 4.16. The zero-order valence-corrected chi connectivity index (χ0v) is 11.1. The lowest BCUT2D eigenvalue weighted by Gasteiger charge is -2.13. The summed E-state index contributed by atoms with van der Waals surface area (Å²) in [5.41, 5.74) is 6.69. The standard InChI is InChI=1S/C11H16BrClN2/c1-8(4-5-14)15-7-9-2-3-10(13)6-11(9)12/h2-3,6,8,15H,4-5,7,14H2,1H3. The fourth-order valence-electron chi connectivity index (χ4n) is 1.30. The summed E-state index contributed by atoms with van der Waals surface area (Å²) in [6.45, 7) is 3.69. The summed E-state index contributed by atoms with van der Waals surface area (Å²) in [6, 6.07) is 6.27. The van der Waals surface area contributed by atoms with Gasteiger partial charge in [-0.2, -0.15) is 0 Å². The van der Waals surface area contributed by atoms with E-state index in [1.54, 1.807) is 0 Å². The van der Waals surface area contributed by atoms with Gasteiger partial charge >= 0.3 is 0 Å². The Morgan fingerprint density at radius 2 is 2.27 bits per heavy atom. The molecule has 15 heavy (non-hydrogen) atoms. The predicted octanol–water partition coefficient (Wildman–Crippen LogP) is 2.93. The van der Waals surface area contributed by atoms with E-state index in [4.69, 9.17) is 17.3 Å². The van der Waals surface area contributed by atoms with Gasteiger partial charge in [0.2, 0.25) is 0 Å². The van der Waals surface area contributed by atoms with Crippen molar-refractivity contribution < 1.29 is 0 Å². The molecule has 0 saturated carbocycles. The maximum atomic E-state index is 5.86. The Morgan fingerprint density at radius 3 is 2.87 bits per heavy atom. The number of benzene rings is 1. The van der Waals surface area contributed by atoms with E-state index in [2.05, 4.69) is 28.2 Å². The SMILES string of the molecule is CC(CCN)NCc1ccc(Cl)cc1Br. The highest BCUT2D eigenvalue weighted by Crippen LogP contribution is 2.21. The van der Waals surface area contributed by atoms with Crippen LogP contribution in [-0.2, 0) is 6.54 Å². The molecule has 1 rings (SSSR count). The van der Waals surface area contributed by atoms with Crippen LogP contribution in [0.15, 0.2) is 22.7 Å². The number of hydrogen-bond acceptors (Lipinski definition) is 2. The van der Waals surface area contributed by atoms with Gasteiger partial charge < -0.3 is 11.1 Å². The Bertz CT molecular complexity index is 317. The number of rotatable bonds is 5. The van der Waals surface area contributed by atoms with Crippen molar-refractivity contribution in [3.8, 4) is 0 Å². The Labute approximate surface area is 104 Å². The van der Waals surface area contributed by atoms with Crippen molar-refractivity contribution in [2.75, 3.05) is 6.54 Å². The molecular formula is C11H16BrClN2. The van der Waals surface area contributed by atoms with E-state index < -0.39 is 0 Å². The van der Waals surface area contributed by atoms with E-state index >= 15 is 0 Å². The van der Waals surface area contributed by atoms with Crippen LogP contribution in [0.5, 0.6) is 0 Å². The molecule has 0 amide bonds. The molecule has 0 aliphatic heterocycles. The molecule has 1 aromatic carbocycles. The molecule has 0 bridgehead atoms. The van der Waals surface area contributed by atoms with Crippen molar-refractivity contribution in [1.82, 2.24) is 5.32 Å². The van der Waals surface area contributed by atoms with Crippen molar-refractivity contribution in [3.63, 3.8) is 0 Å². The first-order valence-electron chi connectivity index (χ1n) is 5.01. The molecule has 0 radical (unpaired) electrons. The van der Waals surface area contributed by atoms with Gasteiger partial charge in [-0.15, -0.1) is 0 Å². The van der Waals surface area contributed by atoms with Gasteiger partial charge in [0.1, 0.15) is 0 Å². The third-order valence-electron chi connectivity index (χ3n) is 2.26. The Kier molecular flexibility index (Phi) is 5.61. The quantitative estimate of drug-likeness (QED) is 0.875. The Balaban J connectivity index is 2.50. The number of nitrogens with two attached hydrogens (primary N) is 1. The number of hydrogen-bond donors (Lipinski definition) is 2. The molecule has 1 aromatic rings. The highest BCUT2D eigenvalue weighted by Gasteiger charge is 2.03. The third kappa shape index (κ3) is 4.51. The van der Waals surface area contributed by atoms with Gasteiger partial charge in [-0.3, -0.25) is 0 Å². The molecule has 0 spiro atoms. The van der Waals surface area contributed by atoms with Crippen molar-refractivity contribution in [2.45, 2.75) is 25.9 Å². The van der Waals surface area contributed by atoms with Gasteiger partial charge in [0.25, 0.3) is 0 Å². The van der Waals surface area contributed by atoms with Crippen LogP contribution in [0.25, 0.3) is 0 Å². The van der Waals surface area contributed by atoms with Crippen LogP contribution in [0, 0.1) is 0 Å². The van der Waals surface area contributed by atoms with Crippen LogP contribution < -0.4 is 11.1 Å². The lowest BCUT2D eigenvalue weighted by atomic mass is 10.2. The normalized spacial score (nSPS) is 12.8. The van der Waals surface area contributed by atoms with E-state index in [1.165, 1.54) is 5.56 Å². The minimum atomic E-state index is 0.442. The second-order valence-corrected chi connectivity index (χ2v) is 4.89. The zero-order valence-electron chi connectivity index (χ0n) is 8.76. The molecule has 1 unspecified atom stereocenters. The first-order chi connectivity index (χ1) is 7.13. The fourth-order valence-corrected chi connectivity index (χ4v) is 2.12. The minimum absolute atomic E-state index is 0.442. The van der Waals surface area contributed by atoms with Gasteiger partial charge in [-0.1, -0.05) is 33.6 Å². The number of nitrogens with one attached hydrogen (secondary N) is 1. The van der Waals surface area contributed by atoms with Crippen molar-refractivity contribution in [3.05, 3.63) is 33.3 Å². The first kappa shape index (κ1) is 13.0. The molecule has 0 fully saturated rings. The van der Waals surface area contributed by atoms with E-state index in [0.29, 0.717) is 6.04 Å². The average molecular weight is 292 g/mol. The van der Waals surface area contributed by atoms with E-state index in [9.17, 15) is 0 Å². The molecule has 3 N–H and O–H groups in total. The van der Waals surface area contributed by atoms with Crippen molar-refractivity contribution in [1.29, 1.82) is 0 Å². The average Bonchev–Trinajstić information content (AvgIpc) is 2.17. The summed E-state index contributed by atoms with van der Waals surface area (Å²) in [4.78, 5) is 0. The second kappa shape index (κ2) is 6.48. The second-order valence-electron chi connectivity index (χ2n) is 3.60. The summed E-state index contributed by atoms with van der Waals surface area (Å²) in [5.74, 6) is 0. The molecule has 0 heterocycles. The van der Waals surface area contributed by atoms with E-state index in [-0.39, 0.29) is 0 Å². The van der Waals surface area contributed by atoms with Crippen LogP contribution in [0.2, 0.25) is 5.02 Å². The third-order valence-corrected chi connectivity index (χ3v) is 3.23. The Morgan fingerprint density at radius 1 is 1.53 bits per heavy atom. The van der Waals surface area contributed by atoms with Gasteiger partial charge in [-0.05, 0) is 37.6 Å². The summed E-state index contributed by atoms with van der Waals surface area (Å²) < 4.78 is 1.04. The molecule has 0 aliphatic rings. The summed E-state index contributed by atoms with van der Waals surface area (Å²) >= 11 is 9.35. The van der Waals surface area contributed by atoms with Crippen molar-refractivity contribution >= 4 is 27.5 Å². The topological polar surface area (TPSA) is 38.0 Å². The van der Waals surface area contributed by atoms with Gasteiger partial charge in [-0.25, -0.2) is 0 Å². The lowest BCUT2D eigenvalue weighted by molar-refractivity contribution is 0.519. The van der Waals surface area contributed by atoms with Gasteiger partial charge in [0.05, 0.1) is 0 Å². The molecule has 0 aliphatic carbocycles. The first-order valence-corrected chi connectivity index (χ1v) is 6.18. The summed E-state index contributed by atoms with van der Waals surface area (Å²) in [7, 11) is 0. The fraction of sp³-hybridized carbons (Fsp3) is 0.455. The molecule has 1 atom stereocenters. The van der Waals surface area contributed by atoms with Crippen LogP contribution in [0.1, 0.15) is 18.9 Å². The van der Waals surface area contributed by atoms with E-state index in [1.807, 2.05) is 18.2 Å².